The summed E-state index contributed by atoms with van der Waals surface area (Å²) in [6.45, 7) is 4.52. The Morgan fingerprint density at radius 3 is 2.71 bits per heavy atom. The average Bonchev–Trinajstić information content (AvgIpc) is 3.18. The van der Waals surface area contributed by atoms with Gasteiger partial charge in [-0.3, -0.25) is 4.79 Å². The van der Waals surface area contributed by atoms with Crippen LogP contribution >= 0.6 is 0 Å². The summed E-state index contributed by atoms with van der Waals surface area (Å²) in [5.74, 6) is 2.04. The van der Waals surface area contributed by atoms with Gasteiger partial charge in [0.15, 0.2) is 0 Å². The minimum Gasteiger partial charge on any atom is -0.299 e. The van der Waals surface area contributed by atoms with Gasteiger partial charge in [0.05, 0.1) is 5.41 Å². The smallest absolute Gasteiger partial charge is 0.144 e. The number of fused-ring (bicyclic) bond motifs is 6. The third kappa shape index (κ3) is 1.73. The lowest BCUT2D eigenvalue weighted by atomic mass is 9.62. The van der Waals surface area contributed by atoms with E-state index in [0.717, 1.165) is 19.3 Å². The maximum Gasteiger partial charge on any atom is 0.144 e. The summed E-state index contributed by atoms with van der Waals surface area (Å²) in [4.78, 5) is 13.1. The second-order valence-electron chi connectivity index (χ2n) is 8.32. The van der Waals surface area contributed by atoms with Crippen molar-refractivity contribution in [2.75, 3.05) is 0 Å². The number of hydrogen-bond acceptors (Lipinski definition) is 1. The fourth-order valence-corrected chi connectivity index (χ4v) is 5.63. The van der Waals surface area contributed by atoms with E-state index < -0.39 is 0 Å². The van der Waals surface area contributed by atoms with Gasteiger partial charge in [-0.2, -0.15) is 0 Å². The SMILES string of the molecule is CC(C)c1cccc2cc3c(cc12)C1(CC2C=CC1C2)C(=O)CC3. The summed E-state index contributed by atoms with van der Waals surface area (Å²) in [7, 11) is 0. The Kier molecular flexibility index (Phi) is 2.90. The van der Waals surface area contributed by atoms with E-state index in [1.807, 2.05) is 0 Å². The fourth-order valence-electron chi connectivity index (χ4n) is 5.63. The highest BCUT2D eigenvalue weighted by Gasteiger charge is 2.55. The van der Waals surface area contributed by atoms with Crippen LogP contribution in [0.15, 0.2) is 42.5 Å². The summed E-state index contributed by atoms with van der Waals surface area (Å²) in [5.41, 5.74) is 3.97. The Morgan fingerprint density at radius 2 is 2.00 bits per heavy atom. The normalized spacial score (nSPS) is 30.7. The van der Waals surface area contributed by atoms with Crippen LogP contribution in [0, 0.1) is 11.8 Å². The van der Waals surface area contributed by atoms with Crippen molar-refractivity contribution in [3.63, 3.8) is 0 Å². The number of hydrogen-bond donors (Lipinski definition) is 0. The molecule has 0 aromatic heterocycles. The summed E-state index contributed by atoms with van der Waals surface area (Å²) in [6.07, 6.45) is 8.53. The lowest BCUT2D eigenvalue weighted by molar-refractivity contribution is -0.126. The first-order valence-corrected chi connectivity index (χ1v) is 9.37. The average molecular weight is 316 g/mol. The van der Waals surface area contributed by atoms with Gasteiger partial charge in [-0.15, -0.1) is 0 Å². The number of Topliss-reactive ketones (excluding diaryl/α,β-unsaturated/α-hetero) is 1. The largest absolute Gasteiger partial charge is 0.299 e. The van der Waals surface area contributed by atoms with E-state index >= 15 is 0 Å². The van der Waals surface area contributed by atoms with Crippen molar-refractivity contribution in [1.29, 1.82) is 0 Å². The van der Waals surface area contributed by atoms with Crippen LogP contribution in [0.3, 0.4) is 0 Å². The quantitative estimate of drug-likeness (QED) is 0.651. The highest BCUT2D eigenvalue weighted by atomic mass is 16.1. The third-order valence-corrected chi connectivity index (χ3v) is 6.75. The first-order valence-electron chi connectivity index (χ1n) is 9.37. The number of carbonyl (C=O) groups is 1. The van der Waals surface area contributed by atoms with E-state index in [1.54, 1.807) is 0 Å². The van der Waals surface area contributed by atoms with Gasteiger partial charge in [-0.1, -0.05) is 50.3 Å². The van der Waals surface area contributed by atoms with Crippen LogP contribution in [0.4, 0.5) is 0 Å². The molecule has 1 nitrogen and oxygen atoms in total. The Bertz CT molecular complexity index is 888. The number of ketones is 1. The lowest BCUT2D eigenvalue weighted by Gasteiger charge is -2.40. The summed E-state index contributed by atoms with van der Waals surface area (Å²) in [5, 5.41) is 2.69. The van der Waals surface area contributed by atoms with Gasteiger partial charge < -0.3 is 0 Å². The van der Waals surface area contributed by atoms with Crippen LogP contribution in [0.2, 0.25) is 0 Å². The van der Waals surface area contributed by atoms with Gasteiger partial charge in [0.1, 0.15) is 5.78 Å². The van der Waals surface area contributed by atoms with Gasteiger partial charge in [-0.25, -0.2) is 0 Å². The molecule has 1 fully saturated rings. The van der Waals surface area contributed by atoms with Crippen LogP contribution in [0.25, 0.3) is 10.8 Å². The van der Waals surface area contributed by atoms with Crippen molar-refractivity contribution in [2.45, 2.75) is 50.9 Å². The molecule has 1 spiro atoms. The molecule has 2 aromatic carbocycles. The predicted molar refractivity (Wildman–Crippen MR) is 98.4 cm³/mol. The molecule has 3 aliphatic rings. The Hall–Kier alpha value is -1.89. The third-order valence-electron chi connectivity index (χ3n) is 6.75. The van der Waals surface area contributed by atoms with Crippen LogP contribution in [-0.4, -0.2) is 5.78 Å². The van der Waals surface area contributed by atoms with Crippen LogP contribution < -0.4 is 0 Å². The van der Waals surface area contributed by atoms with Gasteiger partial charge in [0.25, 0.3) is 0 Å². The molecule has 24 heavy (non-hydrogen) atoms. The molecule has 1 saturated carbocycles. The van der Waals surface area contributed by atoms with Crippen molar-refractivity contribution in [3.05, 3.63) is 59.2 Å². The number of benzene rings is 2. The van der Waals surface area contributed by atoms with E-state index in [9.17, 15) is 4.79 Å². The molecule has 0 amide bonds. The van der Waals surface area contributed by atoms with Crippen molar-refractivity contribution >= 4 is 16.6 Å². The lowest BCUT2D eigenvalue weighted by Crippen LogP contribution is -2.43. The molecule has 3 unspecified atom stereocenters. The molecule has 1 heteroatoms. The monoisotopic (exact) mass is 316 g/mol. The Morgan fingerprint density at radius 1 is 1.12 bits per heavy atom. The Balaban J connectivity index is 1.80. The predicted octanol–water partition coefficient (Wildman–Crippen LogP) is 5.31. The molecule has 0 heterocycles. The highest BCUT2D eigenvalue weighted by molar-refractivity contribution is 5.97. The van der Waals surface area contributed by atoms with Crippen LogP contribution in [-0.2, 0) is 16.6 Å². The second-order valence-corrected chi connectivity index (χ2v) is 8.32. The maximum atomic E-state index is 13.1. The molecule has 0 aliphatic heterocycles. The van der Waals surface area contributed by atoms with Gasteiger partial charge in [0.2, 0.25) is 0 Å². The molecule has 0 radical (unpaired) electrons. The molecule has 0 saturated heterocycles. The van der Waals surface area contributed by atoms with Crippen molar-refractivity contribution in [2.24, 2.45) is 11.8 Å². The number of allylic oxidation sites excluding steroid dienone is 2. The topological polar surface area (TPSA) is 17.1 Å². The minimum atomic E-state index is -0.217. The van der Waals surface area contributed by atoms with E-state index in [2.05, 4.69) is 56.3 Å². The molecule has 0 N–H and O–H groups in total. The van der Waals surface area contributed by atoms with Crippen molar-refractivity contribution in [1.82, 2.24) is 0 Å². The standard InChI is InChI=1S/C23H24O/c1-14(2)19-5-3-4-16-11-17-7-9-22(24)23(21(17)12-20(16)19)13-15-6-8-18(23)10-15/h3-6,8,11-12,14-15,18H,7,9-10,13H2,1-2H3. The molecule has 3 atom stereocenters. The van der Waals surface area contributed by atoms with Gasteiger partial charge >= 0.3 is 0 Å². The van der Waals surface area contributed by atoms with E-state index in [0.29, 0.717) is 23.5 Å². The molecule has 2 bridgehead atoms. The molecular formula is C23H24O. The molecule has 2 aromatic rings. The van der Waals surface area contributed by atoms with E-state index in [-0.39, 0.29) is 5.41 Å². The highest BCUT2D eigenvalue weighted by Crippen LogP contribution is 2.57. The zero-order chi connectivity index (χ0) is 16.5. The Labute approximate surface area is 143 Å². The summed E-state index contributed by atoms with van der Waals surface area (Å²) >= 11 is 0. The maximum absolute atomic E-state index is 13.1. The minimum absolute atomic E-state index is 0.217. The van der Waals surface area contributed by atoms with Crippen LogP contribution in [0.1, 0.15) is 55.7 Å². The fraction of sp³-hybridized carbons (Fsp3) is 0.435. The van der Waals surface area contributed by atoms with E-state index in [1.165, 1.54) is 33.9 Å². The zero-order valence-corrected chi connectivity index (χ0v) is 14.5. The molecule has 122 valence electrons. The molecular weight excluding hydrogens is 292 g/mol. The second kappa shape index (κ2) is 4.81. The summed E-state index contributed by atoms with van der Waals surface area (Å²) < 4.78 is 0. The number of aryl methyl sites for hydroxylation is 1. The number of rotatable bonds is 1. The van der Waals surface area contributed by atoms with Crippen molar-refractivity contribution < 1.29 is 4.79 Å². The van der Waals surface area contributed by atoms with E-state index in [4.69, 9.17) is 0 Å². The first-order chi connectivity index (χ1) is 11.6. The van der Waals surface area contributed by atoms with Gasteiger partial charge in [-0.05, 0) is 70.5 Å². The van der Waals surface area contributed by atoms with Crippen molar-refractivity contribution in [3.8, 4) is 0 Å². The zero-order valence-electron chi connectivity index (χ0n) is 14.5. The molecule has 5 rings (SSSR count). The summed E-state index contributed by atoms with van der Waals surface area (Å²) in [6, 6.07) is 11.4. The number of carbonyl (C=O) groups excluding carboxylic acids is 1. The molecule has 3 aliphatic carbocycles. The van der Waals surface area contributed by atoms with Crippen LogP contribution in [0.5, 0.6) is 0 Å². The first kappa shape index (κ1) is 14.5. The van der Waals surface area contributed by atoms with Gasteiger partial charge in [0, 0.05) is 6.42 Å².